The van der Waals surface area contributed by atoms with Crippen molar-refractivity contribution in [2.45, 2.75) is 32.7 Å². The minimum Gasteiger partial charge on any atom is -0.372 e. The number of nitrogens with one attached hydrogen (secondary N) is 2. The zero-order valence-corrected chi connectivity index (χ0v) is 17.5. The lowest BCUT2D eigenvalue weighted by Crippen LogP contribution is -2.51. The topological polar surface area (TPSA) is 81.8 Å². The van der Waals surface area contributed by atoms with Gasteiger partial charge in [0.15, 0.2) is 0 Å². The number of anilines is 1. The molecule has 2 N–H and O–H groups in total. The van der Waals surface area contributed by atoms with Crippen LogP contribution in [-0.4, -0.2) is 48.3 Å². The fourth-order valence-corrected chi connectivity index (χ4v) is 4.19. The fraction of sp³-hybridized carbons (Fsp3) is 0.381. The summed E-state index contributed by atoms with van der Waals surface area (Å²) in [4.78, 5) is 41.9. The minimum atomic E-state index is -0.574. The zero-order valence-electron chi connectivity index (χ0n) is 16.7. The molecule has 1 aliphatic heterocycles. The van der Waals surface area contributed by atoms with Crippen molar-refractivity contribution in [3.63, 3.8) is 0 Å². The summed E-state index contributed by atoms with van der Waals surface area (Å²) in [5.74, 6) is -0.907. The number of nitrogens with zero attached hydrogens (tertiary/aromatic N) is 2. The largest absolute Gasteiger partial charge is 0.372 e. The van der Waals surface area contributed by atoms with E-state index in [0.29, 0.717) is 23.4 Å². The number of benzene rings is 1. The van der Waals surface area contributed by atoms with Crippen molar-refractivity contribution >= 4 is 34.7 Å². The summed E-state index contributed by atoms with van der Waals surface area (Å²) in [6.45, 7) is 6.47. The Morgan fingerprint density at radius 1 is 1.10 bits per heavy atom. The van der Waals surface area contributed by atoms with E-state index in [2.05, 4.69) is 29.6 Å². The monoisotopic (exact) mass is 414 g/mol. The summed E-state index contributed by atoms with van der Waals surface area (Å²) in [7, 11) is 0. The Morgan fingerprint density at radius 3 is 2.45 bits per heavy atom. The van der Waals surface area contributed by atoms with Gasteiger partial charge >= 0.3 is 0 Å². The molecule has 0 radical (unpaired) electrons. The standard InChI is InChI=1S/C21H26N4O3S/c1-3-24(4-2)16-11-9-15(10-12-16)19(26)22-23-20(27)17-7-5-13-25(17)21(28)18-8-6-14-29-18/h6,8-12,14,17H,3-5,7,13H2,1-2H3,(H,22,26)(H,23,27)/t17-/m0/s1. The van der Waals surface area contributed by atoms with Crippen LogP contribution in [0, 0.1) is 0 Å². The number of rotatable bonds is 6. The number of hydrogen-bond acceptors (Lipinski definition) is 5. The normalized spacial score (nSPS) is 15.8. The summed E-state index contributed by atoms with van der Waals surface area (Å²) in [5, 5.41) is 1.84. The second-order valence-corrected chi connectivity index (χ2v) is 7.74. The number of carbonyl (C=O) groups is 3. The highest BCUT2D eigenvalue weighted by atomic mass is 32.1. The van der Waals surface area contributed by atoms with E-state index in [4.69, 9.17) is 0 Å². The van der Waals surface area contributed by atoms with Gasteiger partial charge in [0.1, 0.15) is 6.04 Å². The van der Waals surface area contributed by atoms with Crippen LogP contribution in [0.3, 0.4) is 0 Å². The fourth-order valence-electron chi connectivity index (χ4n) is 3.51. The first-order valence-electron chi connectivity index (χ1n) is 9.84. The number of hydrogen-bond donors (Lipinski definition) is 2. The van der Waals surface area contributed by atoms with Crippen molar-refractivity contribution in [2.24, 2.45) is 0 Å². The Kier molecular flexibility index (Phi) is 6.87. The van der Waals surface area contributed by atoms with Crippen molar-refractivity contribution in [3.8, 4) is 0 Å². The molecule has 1 saturated heterocycles. The van der Waals surface area contributed by atoms with Gasteiger partial charge in [-0.05, 0) is 62.4 Å². The molecule has 0 saturated carbocycles. The maximum atomic E-state index is 12.6. The first-order valence-corrected chi connectivity index (χ1v) is 10.7. The van der Waals surface area contributed by atoms with Gasteiger partial charge in [0.25, 0.3) is 17.7 Å². The average molecular weight is 415 g/mol. The molecule has 2 heterocycles. The first kappa shape index (κ1) is 20.9. The maximum absolute atomic E-state index is 12.6. The molecule has 1 fully saturated rings. The zero-order chi connectivity index (χ0) is 20.8. The van der Waals surface area contributed by atoms with Crippen molar-refractivity contribution in [1.82, 2.24) is 15.8 Å². The molecule has 3 amide bonds. The van der Waals surface area contributed by atoms with E-state index < -0.39 is 11.9 Å². The Labute approximate surface area is 174 Å². The van der Waals surface area contributed by atoms with E-state index in [-0.39, 0.29) is 11.8 Å². The highest BCUT2D eigenvalue weighted by Crippen LogP contribution is 2.22. The Balaban J connectivity index is 1.57. The third-order valence-corrected chi connectivity index (χ3v) is 5.96. The lowest BCUT2D eigenvalue weighted by molar-refractivity contribution is -0.125. The molecular formula is C21H26N4O3S. The van der Waals surface area contributed by atoms with E-state index >= 15 is 0 Å². The third-order valence-electron chi connectivity index (χ3n) is 5.11. The van der Waals surface area contributed by atoms with Gasteiger partial charge in [0.05, 0.1) is 4.88 Å². The van der Waals surface area contributed by atoms with Crippen molar-refractivity contribution in [3.05, 3.63) is 52.2 Å². The lowest BCUT2D eigenvalue weighted by Gasteiger charge is -2.23. The molecule has 0 unspecified atom stereocenters. The minimum absolute atomic E-state index is 0.143. The molecule has 1 atom stereocenters. The molecule has 0 bridgehead atoms. The van der Waals surface area contributed by atoms with Gasteiger partial charge in [-0.1, -0.05) is 6.07 Å². The molecule has 1 aromatic heterocycles. The van der Waals surface area contributed by atoms with Crippen LogP contribution in [0.15, 0.2) is 41.8 Å². The second kappa shape index (κ2) is 9.56. The van der Waals surface area contributed by atoms with Crippen LogP contribution in [0.25, 0.3) is 0 Å². The van der Waals surface area contributed by atoms with Crippen molar-refractivity contribution in [2.75, 3.05) is 24.5 Å². The van der Waals surface area contributed by atoms with Crippen LogP contribution >= 0.6 is 11.3 Å². The Bertz CT molecular complexity index is 847. The smallest absolute Gasteiger partial charge is 0.269 e. The predicted octanol–water partition coefficient (Wildman–Crippen LogP) is 2.66. The van der Waals surface area contributed by atoms with Crippen molar-refractivity contribution < 1.29 is 14.4 Å². The van der Waals surface area contributed by atoms with E-state index in [1.165, 1.54) is 11.3 Å². The highest BCUT2D eigenvalue weighted by molar-refractivity contribution is 7.12. The molecule has 3 rings (SSSR count). The number of hydrazine groups is 1. The molecule has 154 valence electrons. The summed E-state index contributed by atoms with van der Waals surface area (Å²) in [5.41, 5.74) is 6.44. The second-order valence-electron chi connectivity index (χ2n) is 6.80. The van der Waals surface area contributed by atoms with Gasteiger partial charge in [0.2, 0.25) is 0 Å². The lowest BCUT2D eigenvalue weighted by atomic mass is 10.2. The van der Waals surface area contributed by atoms with Gasteiger partial charge in [-0.15, -0.1) is 11.3 Å². The first-order chi connectivity index (χ1) is 14.0. The molecule has 1 aromatic carbocycles. The third kappa shape index (κ3) is 4.76. The number of amides is 3. The molecule has 7 nitrogen and oxygen atoms in total. The van der Waals surface area contributed by atoms with Crippen LogP contribution in [0.2, 0.25) is 0 Å². The van der Waals surface area contributed by atoms with Crippen LogP contribution in [0.5, 0.6) is 0 Å². The molecule has 29 heavy (non-hydrogen) atoms. The van der Waals surface area contributed by atoms with Gasteiger partial charge < -0.3 is 9.80 Å². The SMILES string of the molecule is CCN(CC)c1ccc(C(=O)NNC(=O)[C@@H]2CCCN2C(=O)c2cccs2)cc1. The van der Waals surface area contributed by atoms with E-state index in [0.717, 1.165) is 25.2 Å². The highest BCUT2D eigenvalue weighted by Gasteiger charge is 2.35. The average Bonchev–Trinajstić information content (AvgIpc) is 3.45. The summed E-state index contributed by atoms with van der Waals surface area (Å²) in [6.07, 6.45) is 1.34. The molecule has 1 aliphatic rings. The number of likely N-dealkylation sites (tertiary alicyclic amines) is 1. The number of thiophene rings is 1. The molecule has 0 aliphatic carbocycles. The Morgan fingerprint density at radius 2 is 1.83 bits per heavy atom. The van der Waals surface area contributed by atoms with Gasteiger partial charge in [-0.3, -0.25) is 25.2 Å². The Hall–Kier alpha value is -2.87. The number of carbonyl (C=O) groups excluding carboxylic acids is 3. The predicted molar refractivity (Wildman–Crippen MR) is 114 cm³/mol. The van der Waals surface area contributed by atoms with Crippen LogP contribution < -0.4 is 15.8 Å². The van der Waals surface area contributed by atoms with Crippen LogP contribution in [0.4, 0.5) is 5.69 Å². The summed E-state index contributed by atoms with van der Waals surface area (Å²) >= 11 is 1.36. The quantitative estimate of drug-likeness (QED) is 0.712. The van der Waals surface area contributed by atoms with Crippen LogP contribution in [0.1, 0.15) is 46.7 Å². The maximum Gasteiger partial charge on any atom is 0.269 e. The summed E-state index contributed by atoms with van der Waals surface area (Å²) in [6, 6.07) is 10.2. The van der Waals surface area contributed by atoms with Crippen molar-refractivity contribution in [1.29, 1.82) is 0 Å². The van der Waals surface area contributed by atoms with Gasteiger partial charge in [0, 0.05) is 30.9 Å². The summed E-state index contributed by atoms with van der Waals surface area (Å²) < 4.78 is 0. The van der Waals surface area contributed by atoms with E-state index in [9.17, 15) is 14.4 Å². The molecule has 8 heteroatoms. The van der Waals surface area contributed by atoms with Crippen LogP contribution in [-0.2, 0) is 4.79 Å². The molecule has 2 aromatic rings. The van der Waals surface area contributed by atoms with Gasteiger partial charge in [-0.2, -0.15) is 0 Å². The molecule has 0 spiro atoms. The van der Waals surface area contributed by atoms with Gasteiger partial charge in [-0.25, -0.2) is 0 Å². The van der Waals surface area contributed by atoms with E-state index in [1.54, 1.807) is 23.1 Å². The van der Waals surface area contributed by atoms with E-state index in [1.807, 2.05) is 23.6 Å². The molecular weight excluding hydrogens is 388 g/mol.